The molecule has 1 atom stereocenters. The second kappa shape index (κ2) is 9.74. The summed E-state index contributed by atoms with van der Waals surface area (Å²) >= 11 is 6.44. The van der Waals surface area contributed by atoms with Gasteiger partial charge in [-0.05, 0) is 36.8 Å². The first-order chi connectivity index (χ1) is 13.2. The highest BCUT2D eigenvalue weighted by molar-refractivity contribution is 6.31. The van der Waals surface area contributed by atoms with Crippen molar-refractivity contribution in [2.45, 2.75) is 13.0 Å². The molecule has 0 aromatic heterocycles. The highest BCUT2D eigenvalue weighted by atomic mass is 35.5. The molecule has 0 aliphatic carbocycles. The first-order valence-electron chi connectivity index (χ1n) is 9.26. The average molecular weight is 389 g/mol. The molecule has 1 saturated heterocycles. The lowest BCUT2D eigenvalue weighted by Gasteiger charge is -2.35. The molecule has 0 spiro atoms. The van der Waals surface area contributed by atoms with Crippen LogP contribution in [-0.4, -0.2) is 50.3 Å². The fourth-order valence-corrected chi connectivity index (χ4v) is 3.52. The van der Waals surface area contributed by atoms with Crippen LogP contribution in [0.4, 0.5) is 0 Å². The Morgan fingerprint density at radius 2 is 2.00 bits per heavy atom. The van der Waals surface area contributed by atoms with E-state index in [1.54, 1.807) is 12.1 Å². The van der Waals surface area contributed by atoms with Crippen LogP contribution < -0.4 is 10.1 Å². The van der Waals surface area contributed by atoms with Crippen molar-refractivity contribution in [2.75, 3.05) is 39.5 Å². The van der Waals surface area contributed by atoms with Crippen LogP contribution in [0, 0.1) is 0 Å². The van der Waals surface area contributed by atoms with E-state index in [-0.39, 0.29) is 11.9 Å². The van der Waals surface area contributed by atoms with Gasteiger partial charge in [-0.2, -0.15) is 0 Å². The SMILES string of the molecule is CCOc1cccc(C(=O)NC[C@@H](c2ccccc2Cl)N2CCOCC2)c1. The van der Waals surface area contributed by atoms with Crippen molar-refractivity contribution in [3.63, 3.8) is 0 Å². The van der Waals surface area contributed by atoms with Gasteiger partial charge in [0.25, 0.3) is 5.91 Å². The monoisotopic (exact) mass is 388 g/mol. The minimum Gasteiger partial charge on any atom is -0.494 e. The maximum atomic E-state index is 12.7. The van der Waals surface area contributed by atoms with E-state index >= 15 is 0 Å². The molecule has 2 aromatic carbocycles. The molecule has 1 aliphatic heterocycles. The first-order valence-corrected chi connectivity index (χ1v) is 9.64. The number of hydrogen-bond donors (Lipinski definition) is 1. The highest BCUT2D eigenvalue weighted by Gasteiger charge is 2.25. The summed E-state index contributed by atoms with van der Waals surface area (Å²) in [6.07, 6.45) is 0. The summed E-state index contributed by atoms with van der Waals surface area (Å²) in [5.74, 6) is 0.572. The Balaban J connectivity index is 1.73. The number of morpholine rings is 1. The smallest absolute Gasteiger partial charge is 0.251 e. The number of amides is 1. The van der Waals surface area contributed by atoms with E-state index in [1.807, 2.05) is 43.3 Å². The second-order valence-corrected chi connectivity index (χ2v) is 6.76. The Labute approximate surface area is 165 Å². The van der Waals surface area contributed by atoms with Crippen LogP contribution in [0.1, 0.15) is 28.9 Å². The van der Waals surface area contributed by atoms with Gasteiger partial charge in [-0.25, -0.2) is 0 Å². The molecule has 0 saturated carbocycles. The number of ether oxygens (including phenoxy) is 2. The Kier molecular flexibility index (Phi) is 7.10. The van der Waals surface area contributed by atoms with E-state index in [0.29, 0.717) is 42.7 Å². The van der Waals surface area contributed by atoms with Crippen molar-refractivity contribution in [1.29, 1.82) is 0 Å². The molecule has 2 aromatic rings. The van der Waals surface area contributed by atoms with E-state index < -0.39 is 0 Å². The summed E-state index contributed by atoms with van der Waals surface area (Å²) in [5, 5.41) is 3.77. The van der Waals surface area contributed by atoms with Crippen LogP contribution in [-0.2, 0) is 4.74 Å². The summed E-state index contributed by atoms with van der Waals surface area (Å²) < 4.78 is 11.0. The van der Waals surface area contributed by atoms with Crippen LogP contribution in [0.3, 0.4) is 0 Å². The minimum absolute atomic E-state index is 0.00150. The predicted octanol–water partition coefficient (Wildman–Crippen LogP) is 3.54. The Morgan fingerprint density at radius 1 is 1.22 bits per heavy atom. The molecular formula is C21H25ClN2O3. The van der Waals surface area contributed by atoms with Gasteiger partial charge in [0.2, 0.25) is 0 Å². The number of rotatable bonds is 7. The van der Waals surface area contributed by atoms with E-state index in [1.165, 1.54) is 0 Å². The van der Waals surface area contributed by atoms with Crippen molar-refractivity contribution in [3.8, 4) is 5.75 Å². The van der Waals surface area contributed by atoms with Gasteiger partial charge in [0.1, 0.15) is 5.75 Å². The Bertz CT molecular complexity index is 763. The zero-order valence-electron chi connectivity index (χ0n) is 15.5. The summed E-state index contributed by atoms with van der Waals surface area (Å²) in [6.45, 7) is 5.95. The van der Waals surface area contributed by atoms with E-state index in [2.05, 4.69) is 10.2 Å². The van der Waals surface area contributed by atoms with Gasteiger partial charge in [-0.3, -0.25) is 9.69 Å². The molecule has 6 heteroatoms. The molecule has 0 bridgehead atoms. The fraction of sp³-hybridized carbons (Fsp3) is 0.381. The lowest BCUT2D eigenvalue weighted by atomic mass is 10.0. The number of hydrogen-bond acceptors (Lipinski definition) is 4. The van der Waals surface area contributed by atoms with Gasteiger partial charge in [-0.1, -0.05) is 35.9 Å². The number of nitrogens with zero attached hydrogens (tertiary/aromatic N) is 1. The maximum absolute atomic E-state index is 12.7. The molecule has 0 radical (unpaired) electrons. The minimum atomic E-state index is -0.123. The van der Waals surface area contributed by atoms with E-state index in [9.17, 15) is 4.79 Å². The van der Waals surface area contributed by atoms with Crippen molar-refractivity contribution < 1.29 is 14.3 Å². The van der Waals surface area contributed by atoms with Crippen LogP contribution in [0.2, 0.25) is 5.02 Å². The zero-order chi connectivity index (χ0) is 19.1. The number of nitrogens with one attached hydrogen (secondary N) is 1. The van der Waals surface area contributed by atoms with Crippen LogP contribution >= 0.6 is 11.6 Å². The van der Waals surface area contributed by atoms with E-state index in [0.717, 1.165) is 18.7 Å². The normalized spacial score (nSPS) is 15.9. The molecule has 1 fully saturated rings. The summed E-state index contributed by atoms with van der Waals surface area (Å²) in [4.78, 5) is 15.0. The number of carbonyl (C=O) groups is 1. The summed E-state index contributed by atoms with van der Waals surface area (Å²) in [5.41, 5.74) is 1.60. The molecule has 1 N–H and O–H groups in total. The standard InChI is InChI=1S/C21H25ClN2O3/c1-2-27-17-7-5-6-16(14-17)21(25)23-15-20(24-10-12-26-13-11-24)18-8-3-4-9-19(18)22/h3-9,14,20H,2,10-13,15H2,1H3,(H,23,25)/t20-/m0/s1. The molecule has 1 aliphatic rings. The second-order valence-electron chi connectivity index (χ2n) is 6.36. The van der Waals surface area contributed by atoms with E-state index in [4.69, 9.17) is 21.1 Å². The van der Waals surface area contributed by atoms with Crippen molar-refractivity contribution >= 4 is 17.5 Å². The quantitative estimate of drug-likeness (QED) is 0.788. The topological polar surface area (TPSA) is 50.8 Å². The third kappa shape index (κ3) is 5.22. The lowest BCUT2D eigenvalue weighted by Crippen LogP contribution is -2.44. The fourth-order valence-electron chi connectivity index (χ4n) is 3.26. The van der Waals surface area contributed by atoms with Crippen molar-refractivity contribution in [1.82, 2.24) is 10.2 Å². The summed E-state index contributed by atoms with van der Waals surface area (Å²) in [7, 11) is 0. The predicted molar refractivity (Wildman–Crippen MR) is 107 cm³/mol. The molecule has 1 heterocycles. The Hall–Kier alpha value is -2.08. The van der Waals surface area contributed by atoms with Gasteiger partial charge < -0.3 is 14.8 Å². The molecule has 3 rings (SSSR count). The van der Waals surface area contributed by atoms with Crippen LogP contribution in [0.5, 0.6) is 5.75 Å². The first kappa shape index (κ1) is 19.7. The largest absolute Gasteiger partial charge is 0.494 e. The number of halogens is 1. The van der Waals surface area contributed by atoms with Gasteiger partial charge in [0, 0.05) is 30.2 Å². The van der Waals surface area contributed by atoms with Gasteiger partial charge in [-0.15, -0.1) is 0 Å². The highest BCUT2D eigenvalue weighted by Crippen LogP contribution is 2.28. The zero-order valence-corrected chi connectivity index (χ0v) is 16.2. The summed E-state index contributed by atoms with van der Waals surface area (Å²) in [6, 6.07) is 15.0. The molecule has 5 nitrogen and oxygen atoms in total. The van der Waals surface area contributed by atoms with Gasteiger partial charge in [0.15, 0.2) is 0 Å². The molecule has 1 amide bonds. The molecule has 27 heavy (non-hydrogen) atoms. The molecule has 0 unspecified atom stereocenters. The van der Waals surface area contributed by atoms with Crippen LogP contribution in [0.15, 0.2) is 48.5 Å². The third-order valence-electron chi connectivity index (χ3n) is 4.61. The molecule has 144 valence electrons. The van der Waals surface area contributed by atoms with Crippen molar-refractivity contribution in [2.24, 2.45) is 0 Å². The Morgan fingerprint density at radius 3 is 2.74 bits per heavy atom. The maximum Gasteiger partial charge on any atom is 0.251 e. The third-order valence-corrected chi connectivity index (χ3v) is 4.96. The van der Waals surface area contributed by atoms with Crippen molar-refractivity contribution in [3.05, 3.63) is 64.7 Å². The van der Waals surface area contributed by atoms with Gasteiger partial charge >= 0.3 is 0 Å². The van der Waals surface area contributed by atoms with Gasteiger partial charge in [0.05, 0.1) is 25.9 Å². The average Bonchev–Trinajstić information content (AvgIpc) is 2.70. The lowest BCUT2D eigenvalue weighted by molar-refractivity contribution is 0.0162. The molecular weight excluding hydrogens is 364 g/mol. The number of carbonyl (C=O) groups excluding carboxylic acids is 1. The number of benzene rings is 2. The van der Waals surface area contributed by atoms with Crippen LogP contribution in [0.25, 0.3) is 0 Å².